The molecule has 0 radical (unpaired) electrons. The topological polar surface area (TPSA) is 54.6 Å². The lowest BCUT2D eigenvalue weighted by molar-refractivity contribution is 0.109. The molecular formula is C15H28N4O2. The van der Waals surface area contributed by atoms with Gasteiger partial charge in [0.25, 0.3) is 0 Å². The van der Waals surface area contributed by atoms with Crippen molar-refractivity contribution in [3.8, 4) is 0 Å². The fraction of sp³-hybridized carbons (Fsp3) is 0.867. The van der Waals surface area contributed by atoms with E-state index in [1.54, 1.807) is 7.11 Å². The third kappa shape index (κ3) is 5.05. The Balaban J connectivity index is 1.81. The summed E-state index contributed by atoms with van der Waals surface area (Å²) in [5, 5.41) is 3.98. The summed E-state index contributed by atoms with van der Waals surface area (Å²) in [6.07, 6.45) is 3.65. The predicted octanol–water partition coefficient (Wildman–Crippen LogP) is 2.08. The lowest BCUT2D eigenvalue weighted by atomic mass is 10.3. The van der Waals surface area contributed by atoms with Gasteiger partial charge in [0.05, 0.1) is 6.54 Å². The smallest absolute Gasteiger partial charge is 0.240 e. The number of rotatable bonds is 7. The van der Waals surface area contributed by atoms with Crippen LogP contribution in [-0.4, -0.2) is 59.8 Å². The third-order valence-corrected chi connectivity index (χ3v) is 4.07. The largest absolute Gasteiger partial charge is 0.374 e. The van der Waals surface area contributed by atoms with Gasteiger partial charge in [-0.1, -0.05) is 18.5 Å². The molecule has 1 aliphatic heterocycles. The lowest BCUT2D eigenvalue weighted by Crippen LogP contribution is -2.31. The molecule has 0 aliphatic carbocycles. The normalized spacial score (nSPS) is 19.6. The summed E-state index contributed by atoms with van der Waals surface area (Å²) in [6, 6.07) is 0. The van der Waals surface area contributed by atoms with E-state index in [9.17, 15) is 0 Å². The standard InChI is InChI=1S/C15H28N4O2/c1-4-5-7-18-8-6-9-19(11-10-18)12-14-16-15(17-21-14)13(2)20-3/h13H,4-12H2,1-3H3/t13-/m0/s1. The van der Waals surface area contributed by atoms with Crippen molar-refractivity contribution in [1.29, 1.82) is 0 Å². The second kappa shape index (κ2) is 8.46. The predicted molar refractivity (Wildman–Crippen MR) is 81.0 cm³/mol. The summed E-state index contributed by atoms with van der Waals surface area (Å²) in [6.45, 7) is 10.6. The van der Waals surface area contributed by atoms with Gasteiger partial charge in [-0.2, -0.15) is 4.98 Å². The lowest BCUT2D eigenvalue weighted by Gasteiger charge is -2.20. The molecule has 120 valence electrons. The molecule has 2 heterocycles. The number of methoxy groups -OCH3 is 1. The zero-order valence-corrected chi connectivity index (χ0v) is 13.5. The molecule has 6 heteroatoms. The summed E-state index contributed by atoms with van der Waals surface area (Å²) < 4.78 is 10.5. The Labute approximate surface area is 127 Å². The molecule has 21 heavy (non-hydrogen) atoms. The van der Waals surface area contributed by atoms with Crippen molar-refractivity contribution >= 4 is 0 Å². The number of ether oxygens (including phenoxy) is 1. The summed E-state index contributed by atoms with van der Waals surface area (Å²) in [4.78, 5) is 9.38. The molecule has 0 N–H and O–H groups in total. The molecule has 0 spiro atoms. The maximum absolute atomic E-state index is 5.33. The van der Waals surface area contributed by atoms with Crippen LogP contribution in [0.25, 0.3) is 0 Å². The minimum Gasteiger partial charge on any atom is -0.374 e. The Morgan fingerprint density at radius 1 is 1.24 bits per heavy atom. The highest BCUT2D eigenvalue weighted by molar-refractivity contribution is 4.90. The van der Waals surface area contributed by atoms with Crippen molar-refractivity contribution in [2.75, 3.05) is 39.8 Å². The molecule has 0 saturated carbocycles. The van der Waals surface area contributed by atoms with Gasteiger partial charge in [0.1, 0.15) is 6.10 Å². The molecule has 2 rings (SSSR count). The number of unbranched alkanes of at least 4 members (excludes halogenated alkanes) is 1. The molecule has 6 nitrogen and oxygen atoms in total. The summed E-state index contributed by atoms with van der Waals surface area (Å²) in [7, 11) is 1.65. The maximum atomic E-state index is 5.33. The van der Waals surface area contributed by atoms with Gasteiger partial charge < -0.3 is 14.2 Å². The molecule has 0 aromatic carbocycles. The summed E-state index contributed by atoms with van der Waals surface area (Å²) in [5.41, 5.74) is 0. The Morgan fingerprint density at radius 2 is 2.00 bits per heavy atom. The molecule has 1 saturated heterocycles. The Hall–Kier alpha value is -0.980. The van der Waals surface area contributed by atoms with E-state index >= 15 is 0 Å². The van der Waals surface area contributed by atoms with E-state index in [4.69, 9.17) is 9.26 Å². The average Bonchev–Trinajstić information content (AvgIpc) is 2.85. The van der Waals surface area contributed by atoms with Crippen molar-refractivity contribution in [3.63, 3.8) is 0 Å². The first-order valence-electron chi connectivity index (χ1n) is 8.03. The molecule has 1 atom stereocenters. The Morgan fingerprint density at radius 3 is 2.76 bits per heavy atom. The SMILES string of the molecule is CCCCN1CCCN(Cc2nc([C@H](C)OC)no2)CC1. The Kier molecular flexibility index (Phi) is 6.60. The third-order valence-electron chi connectivity index (χ3n) is 4.07. The Bertz CT molecular complexity index is 410. The van der Waals surface area contributed by atoms with Crippen molar-refractivity contribution in [2.45, 2.75) is 45.8 Å². The van der Waals surface area contributed by atoms with Crippen LogP contribution in [0.15, 0.2) is 4.52 Å². The van der Waals surface area contributed by atoms with E-state index in [2.05, 4.69) is 26.9 Å². The van der Waals surface area contributed by atoms with Gasteiger partial charge in [-0.15, -0.1) is 0 Å². The minimum atomic E-state index is -0.115. The average molecular weight is 296 g/mol. The van der Waals surface area contributed by atoms with Crippen LogP contribution in [0.1, 0.15) is 50.9 Å². The van der Waals surface area contributed by atoms with Gasteiger partial charge in [0, 0.05) is 20.2 Å². The van der Waals surface area contributed by atoms with Crippen LogP contribution in [0.5, 0.6) is 0 Å². The number of hydrogen-bond donors (Lipinski definition) is 0. The van der Waals surface area contributed by atoms with Gasteiger partial charge in [-0.3, -0.25) is 4.90 Å². The molecular weight excluding hydrogens is 268 g/mol. The maximum Gasteiger partial charge on any atom is 0.240 e. The monoisotopic (exact) mass is 296 g/mol. The highest BCUT2D eigenvalue weighted by atomic mass is 16.5. The zero-order valence-electron chi connectivity index (χ0n) is 13.5. The first kappa shape index (κ1) is 16.4. The fourth-order valence-corrected chi connectivity index (χ4v) is 2.58. The summed E-state index contributed by atoms with van der Waals surface area (Å²) in [5.74, 6) is 1.32. The van der Waals surface area contributed by atoms with Crippen LogP contribution in [0.4, 0.5) is 0 Å². The van der Waals surface area contributed by atoms with E-state index in [1.807, 2.05) is 6.92 Å². The van der Waals surface area contributed by atoms with Gasteiger partial charge in [-0.05, 0) is 39.4 Å². The van der Waals surface area contributed by atoms with E-state index in [0.717, 1.165) is 26.2 Å². The van der Waals surface area contributed by atoms with Crippen molar-refractivity contribution in [2.24, 2.45) is 0 Å². The van der Waals surface area contributed by atoms with Crippen molar-refractivity contribution < 1.29 is 9.26 Å². The minimum absolute atomic E-state index is 0.115. The van der Waals surface area contributed by atoms with Gasteiger partial charge >= 0.3 is 0 Å². The number of hydrogen-bond acceptors (Lipinski definition) is 6. The van der Waals surface area contributed by atoms with Crippen molar-refractivity contribution in [3.05, 3.63) is 11.7 Å². The molecule has 0 unspecified atom stereocenters. The van der Waals surface area contributed by atoms with Gasteiger partial charge in [0.15, 0.2) is 5.82 Å². The van der Waals surface area contributed by atoms with E-state index in [0.29, 0.717) is 11.7 Å². The van der Waals surface area contributed by atoms with Gasteiger partial charge in [-0.25, -0.2) is 0 Å². The zero-order chi connectivity index (χ0) is 15.1. The second-order valence-corrected chi connectivity index (χ2v) is 5.75. The van der Waals surface area contributed by atoms with Crippen LogP contribution in [0.3, 0.4) is 0 Å². The van der Waals surface area contributed by atoms with Crippen LogP contribution >= 0.6 is 0 Å². The molecule has 0 bridgehead atoms. The van der Waals surface area contributed by atoms with Crippen LogP contribution in [0.2, 0.25) is 0 Å². The van der Waals surface area contributed by atoms with Crippen LogP contribution < -0.4 is 0 Å². The van der Waals surface area contributed by atoms with E-state index < -0.39 is 0 Å². The van der Waals surface area contributed by atoms with Crippen LogP contribution in [0, 0.1) is 0 Å². The first-order valence-corrected chi connectivity index (χ1v) is 8.03. The summed E-state index contributed by atoms with van der Waals surface area (Å²) >= 11 is 0. The van der Waals surface area contributed by atoms with Gasteiger partial charge in [0.2, 0.25) is 5.89 Å². The van der Waals surface area contributed by atoms with E-state index in [1.165, 1.54) is 32.4 Å². The highest BCUT2D eigenvalue weighted by Crippen LogP contribution is 2.13. The fourth-order valence-electron chi connectivity index (χ4n) is 2.58. The highest BCUT2D eigenvalue weighted by Gasteiger charge is 2.18. The van der Waals surface area contributed by atoms with Crippen LogP contribution in [-0.2, 0) is 11.3 Å². The quantitative estimate of drug-likeness (QED) is 0.768. The second-order valence-electron chi connectivity index (χ2n) is 5.75. The van der Waals surface area contributed by atoms with Crippen molar-refractivity contribution in [1.82, 2.24) is 19.9 Å². The molecule has 1 aromatic heterocycles. The number of aromatic nitrogens is 2. The molecule has 1 fully saturated rings. The first-order chi connectivity index (χ1) is 10.2. The molecule has 0 amide bonds. The molecule has 1 aliphatic rings. The van der Waals surface area contributed by atoms with E-state index in [-0.39, 0.29) is 6.10 Å². The molecule has 1 aromatic rings. The number of nitrogens with zero attached hydrogens (tertiary/aromatic N) is 4.